The summed E-state index contributed by atoms with van der Waals surface area (Å²) in [7, 11) is 0. The molecule has 7 nitrogen and oxygen atoms in total. The molecule has 1 aliphatic heterocycles. The molecule has 0 saturated heterocycles. The van der Waals surface area contributed by atoms with Crippen LogP contribution in [0.2, 0.25) is 0 Å². The van der Waals surface area contributed by atoms with Gasteiger partial charge in [-0.25, -0.2) is 9.50 Å². The van der Waals surface area contributed by atoms with Crippen LogP contribution < -0.4 is 10.1 Å². The summed E-state index contributed by atoms with van der Waals surface area (Å²) in [6.45, 7) is 4.43. The fourth-order valence-electron chi connectivity index (χ4n) is 3.31. The molecule has 3 aromatic rings. The number of nitrogens with zero attached hydrogens (tertiary/aromatic N) is 4. The van der Waals surface area contributed by atoms with Crippen LogP contribution in [0.25, 0.3) is 5.78 Å². The smallest absolute Gasteiger partial charge is 0.252 e. The second kappa shape index (κ2) is 6.16. The summed E-state index contributed by atoms with van der Waals surface area (Å²) in [5.41, 5.74) is 3.61. The predicted molar refractivity (Wildman–Crippen MR) is 91.4 cm³/mol. The Morgan fingerprint density at radius 2 is 2.20 bits per heavy atom. The Hall–Kier alpha value is -2.96. The molecule has 0 unspecified atom stereocenters. The topological polar surface area (TPSA) is 81.4 Å². The largest absolute Gasteiger partial charge is 0.493 e. The zero-order valence-corrected chi connectivity index (χ0v) is 14.2. The zero-order valence-electron chi connectivity index (χ0n) is 14.2. The molecule has 1 aromatic carbocycles. The summed E-state index contributed by atoms with van der Waals surface area (Å²) >= 11 is 0. The van der Waals surface area contributed by atoms with Gasteiger partial charge in [-0.1, -0.05) is 18.2 Å². The second-order valence-electron chi connectivity index (χ2n) is 6.20. The maximum atomic E-state index is 12.6. The van der Waals surface area contributed by atoms with Gasteiger partial charge in [0.2, 0.25) is 5.91 Å². The third kappa shape index (κ3) is 2.82. The lowest BCUT2D eigenvalue weighted by Gasteiger charge is -2.26. The summed E-state index contributed by atoms with van der Waals surface area (Å²) in [6.07, 6.45) is 2.50. The number of para-hydroxylation sites is 1. The second-order valence-corrected chi connectivity index (χ2v) is 6.20. The van der Waals surface area contributed by atoms with E-state index >= 15 is 0 Å². The minimum Gasteiger partial charge on any atom is -0.493 e. The molecule has 0 radical (unpaired) electrons. The summed E-state index contributed by atoms with van der Waals surface area (Å²) in [5.74, 6) is 1.36. The molecular formula is C18H19N5O2. The van der Waals surface area contributed by atoms with Gasteiger partial charge in [0.25, 0.3) is 5.78 Å². The monoisotopic (exact) mass is 337 g/mol. The van der Waals surface area contributed by atoms with Crippen molar-refractivity contribution in [2.45, 2.75) is 32.7 Å². The molecule has 0 saturated carbocycles. The van der Waals surface area contributed by atoms with E-state index in [1.54, 1.807) is 4.52 Å². The fourth-order valence-corrected chi connectivity index (χ4v) is 3.31. The molecule has 128 valence electrons. The number of amides is 1. The number of fused-ring (bicyclic) bond motifs is 2. The van der Waals surface area contributed by atoms with Crippen LogP contribution in [0.4, 0.5) is 0 Å². The minimum absolute atomic E-state index is 0.0267. The predicted octanol–water partition coefficient (Wildman–Crippen LogP) is 1.92. The Morgan fingerprint density at radius 1 is 1.36 bits per heavy atom. The van der Waals surface area contributed by atoms with Crippen LogP contribution in [-0.2, 0) is 11.2 Å². The molecule has 7 heteroatoms. The quantitative estimate of drug-likeness (QED) is 0.790. The zero-order chi connectivity index (χ0) is 17.4. The SMILES string of the molecule is Cc1nc2ncnn2c(C)c1CC(=O)N[C@@H]1CCOc2ccccc21. The third-order valence-corrected chi connectivity index (χ3v) is 4.62. The lowest BCUT2D eigenvalue weighted by molar-refractivity contribution is -0.121. The van der Waals surface area contributed by atoms with Crippen LogP contribution in [0, 0.1) is 13.8 Å². The van der Waals surface area contributed by atoms with E-state index < -0.39 is 0 Å². The van der Waals surface area contributed by atoms with Gasteiger partial charge in [0, 0.05) is 28.9 Å². The van der Waals surface area contributed by atoms with Gasteiger partial charge < -0.3 is 10.1 Å². The van der Waals surface area contributed by atoms with Crippen molar-refractivity contribution in [1.82, 2.24) is 24.9 Å². The molecule has 0 bridgehead atoms. The van der Waals surface area contributed by atoms with Gasteiger partial charge in [-0.05, 0) is 19.9 Å². The number of ether oxygens (including phenoxy) is 1. The number of carbonyl (C=O) groups is 1. The first-order valence-electron chi connectivity index (χ1n) is 8.30. The first kappa shape index (κ1) is 15.6. The molecule has 1 atom stereocenters. The lowest BCUT2D eigenvalue weighted by atomic mass is 10.00. The molecule has 0 fully saturated rings. The summed E-state index contributed by atoms with van der Waals surface area (Å²) < 4.78 is 7.32. The van der Waals surface area contributed by atoms with Crippen LogP contribution in [0.1, 0.15) is 35.0 Å². The van der Waals surface area contributed by atoms with Crippen molar-refractivity contribution < 1.29 is 9.53 Å². The Morgan fingerprint density at radius 3 is 3.08 bits per heavy atom. The van der Waals surface area contributed by atoms with Gasteiger partial charge in [-0.2, -0.15) is 10.1 Å². The van der Waals surface area contributed by atoms with Gasteiger partial charge in [0.05, 0.1) is 19.1 Å². The summed E-state index contributed by atoms with van der Waals surface area (Å²) in [5, 5.41) is 7.30. The summed E-state index contributed by atoms with van der Waals surface area (Å²) in [4.78, 5) is 21.2. The van der Waals surface area contributed by atoms with E-state index in [2.05, 4.69) is 20.4 Å². The van der Waals surface area contributed by atoms with Crippen LogP contribution in [0.5, 0.6) is 5.75 Å². The van der Waals surface area contributed by atoms with Gasteiger partial charge in [-0.3, -0.25) is 4.79 Å². The molecule has 1 amide bonds. The normalized spacial score (nSPS) is 16.3. The number of aromatic nitrogens is 4. The molecule has 1 aliphatic rings. The van der Waals surface area contributed by atoms with E-state index in [1.165, 1.54) is 6.33 Å². The van der Waals surface area contributed by atoms with E-state index in [9.17, 15) is 4.79 Å². The number of aryl methyl sites for hydroxylation is 2. The van der Waals surface area contributed by atoms with Gasteiger partial charge >= 0.3 is 0 Å². The Bertz CT molecular complexity index is 950. The van der Waals surface area contributed by atoms with Crippen LogP contribution in [0.15, 0.2) is 30.6 Å². The van der Waals surface area contributed by atoms with E-state index in [1.807, 2.05) is 38.1 Å². The van der Waals surface area contributed by atoms with Crippen molar-refractivity contribution in [1.29, 1.82) is 0 Å². The Balaban J connectivity index is 1.56. The van der Waals surface area contributed by atoms with Crippen molar-refractivity contribution in [3.63, 3.8) is 0 Å². The van der Waals surface area contributed by atoms with Gasteiger partial charge in [0.1, 0.15) is 12.1 Å². The van der Waals surface area contributed by atoms with Crippen molar-refractivity contribution in [2.24, 2.45) is 0 Å². The van der Waals surface area contributed by atoms with Crippen molar-refractivity contribution in [3.8, 4) is 5.75 Å². The third-order valence-electron chi connectivity index (χ3n) is 4.62. The highest BCUT2D eigenvalue weighted by atomic mass is 16.5. The number of hydrogen-bond donors (Lipinski definition) is 1. The van der Waals surface area contributed by atoms with Gasteiger partial charge in [0.15, 0.2) is 0 Å². The van der Waals surface area contributed by atoms with E-state index in [4.69, 9.17) is 4.74 Å². The maximum Gasteiger partial charge on any atom is 0.252 e. The number of hydrogen-bond acceptors (Lipinski definition) is 5. The van der Waals surface area contributed by atoms with Crippen LogP contribution >= 0.6 is 0 Å². The Kier molecular flexibility index (Phi) is 3.83. The molecule has 25 heavy (non-hydrogen) atoms. The molecule has 0 spiro atoms. The van der Waals surface area contributed by atoms with Gasteiger partial charge in [-0.15, -0.1) is 0 Å². The van der Waals surface area contributed by atoms with Crippen LogP contribution in [-0.4, -0.2) is 32.1 Å². The van der Waals surface area contributed by atoms with Crippen molar-refractivity contribution in [3.05, 3.63) is 53.1 Å². The van der Waals surface area contributed by atoms with E-state index in [0.29, 0.717) is 12.4 Å². The highest BCUT2D eigenvalue weighted by Crippen LogP contribution is 2.31. The fraction of sp³-hybridized carbons (Fsp3) is 0.333. The number of rotatable bonds is 3. The minimum atomic E-state index is -0.0332. The average Bonchev–Trinajstić information content (AvgIpc) is 3.07. The first-order chi connectivity index (χ1) is 12.1. The number of carbonyl (C=O) groups excluding carboxylic acids is 1. The lowest BCUT2D eigenvalue weighted by Crippen LogP contribution is -2.33. The maximum absolute atomic E-state index is 12.6. The molecule has 3 heterocycles. The molecule has 0 aliphatic carbocycles. The number of nitrogens with one attached hydrogen (secondary N) is 1. The van der Waals surface area contributed by atoms with Crippen molar-refractivity contribution >= 4 is 11.7 Å². The summed E-state index contributed by atoms with van der Waals surface area (Å²) in [6, 6.07) is 7.81. The average molecular weight is 337 g/mol. The van der Waals surface area contributed by atoms with E-state index in [0.717, 1.165) is 34.7 Å². The van der Waals surface area contributed by atoms with Crippen molar-refractivity contribution in [2.75, 3.05) is 6.61 Å². The Labute approximate surface area is 145 Å². The molecular weight excluding hydrogens is 318 g/mol. The van der Waals surface area contributed by atoms with E-state index in [-0.39, 0.29) is 18.4 Å². The molecule has 4 rings (SSSR count). The standard InChI is InChI=1S/C18H19N5O2/c1-11-14(12(2)23-18(21-11)19-10-20-23)9-17(24)22-15-7-8-25-16-6-4-3-5-13(15)16/h3-6,10,15H,7-9H2,1-2H3,(H,22,24)/t15-/m1/s1. The van der Waals surface area contributed by atoms with Crippen LogP contribution in [0.3, 0.4) is 0 Å². The first-order valence-corrected chi connectivity index (χ1v) is 8.30. The highest BCUT2D eigenvalue weighted by molar-refractivity contribution is 5.79. The highest BCUT2D eigenvalue weighted by Gasteiger charge is 2.23. The molecule has 2 aromatic heterocycles. The number of benzene rings is 1. The molecule has 1 N–H and O–H groups in total.